The molecule has 5 rings (SSSR count). The maximum absolute atomic E-state index is 12.1. The lowest BCUT2D eigenvalue weighted by atomic mass is 9.92. The third-order valence-corrected chi connectivity index (χ3v) is 6.30. The maximum Gasteiger partial charge on any atom is 0.338 e. The molecule has 0 radical (unpaired) electrons. The van der Waals surface area contributed by atoms with Gasteiger partial charge in [-0.15, -0.1) is 0 Å². The number of nitrogens with one attached hydrogen (secondary N) is 1. The summed E-state index contributed by atoms with van der Waals surface area (Å²) in [6.45, 7) is 6.02. The third-order valence-electron chi connectivity index (χ3n) is 6.30. The average Bonchev–Trinajstić information content (AvgIpc) is 3.35. The maximum atomic E-state index is 12.1. The van der Waals surface area contributed by atoms with E-state index in [2.05, 4.69) is 33.3 Å². The van der Waals surface area contributed by atoms with Crippen molar-refractivity contribution in [2.24, 2.45) is 0 Å². The number of cyclic esters (lactones) is 1. The van der Waals surface area contributed by atoms with Gasteiger partial charge < -0.3 is 10.1 Å². The predicted octanol–water partition coefficient (Wildman–Crippen LogP) is 2.96. The zero-order valence-electron chi connectivity index (χ0n) is 20.8. The van der Waals surface area contributed by atoms with Crippen molar-refractivity contribution in [2.75, 3.05) is 13.1 Å². The summed E-state index contributed by atoms with van der Waals surface area (Å²) in [6.07, 6.45) is 5.34. The molecule has 0 bridgehead atoms. The molecule has 33 heavy (non-hydrogen) atoms. The number of aryl methyl sites for hydroxylation is 1. The number of carbonyl (C=O) groups excluding carboxylic acids is 1. The quantitative estimate of drug-likeness (QED) is 0.618. The standard InChI is InChI=1S/C25H26N6O2/c1-15-6-24(27-9-19(15)7-26)31-12-18(8-28-31)11-30-10-16(2)29-23(13-30)20-4-5-21-22(17(20)3)14-33-25(21)32/h4-6,8-9,12,16,23,29H,10-11,13-14H2,1-3H3/t16-,23-/m0/s1/i14D2. The zero-order valence-corrected chi connectivity index (χ0v) is 18.8. The van der Waals surface area contributed by atoms with Gasteiger partial charge >= 0.3 is 5.97 Å². The minimum atomic E-state index is -2.11. The molecule has 2 aliphatic rings. The fourth-order valence-electron chi connectivity index (χ4n) is 4.65. The molecule has 1 aromatic carbocycles. The molecule has 0 aliphatic carbocycles. The Morgan fingerprint density at radius 1 is 1.33 bits per heavy atom. The van der Waals surface area contributed by atoms with Crippen LogP contribution in [0.4, 0.5) is 0 Å². The zero-order chi connectivity index (χ0) is 24.9. The molecule has 2 aliphatic heterocycles. The number of piperazine rings is 1. The van der Waals surface area contributed by atoms with Gasteiger partial charge in [-0.25, -0.2) is 14.5 Å². The number of ether oxygens (including phenoxy) is 1. The van der Waals surface area contributed by atoms with Gasteiger partial charge in [-0.05, 0) is 49.6 Å². The Morgan fingerprint density at radius 3 is 2.97 bits per heavy atom. The molecule has 8 heteroatoms. The van der Waals surface area contributed by atoms with Crippen LogP contribution >= 0.6 is 0 Å². The van der Waals surface area contributed by atoms with Gasteiger partial charge in [0.25, 0.3) is 0 Å². The van der Waals surface area contributed by atoms with Gasteiger partial charge in [-0.2, -0.15) is 10.4 Å². The molecule has 0 amide bonds. The van der Waals surface area contributed by atoms with Crippen LogP contribution in [0.2, 0.25) is 0 Å². The second-order valence-electron chi connectivity index (χ2n) is 8.77. The monoisotopic (exact) mass is 444 g/mol. The van der Waals surface area contributed by atoms with Gasteiger partial charge in [0, 0.05) is 55.2 Å². The average molecular weight is 445 g/mol. The number of carbonyl (C=O) groups is 1. The van der Waals surface area contributed by atoms with Gasteiger partial charge in [0.2, 0.25) is 0 Å². The van der Waals surface area contributed by atoms with Crippen LogP contribution < -0.4 is 5.32 Å². The Hall–Kier alpha value is -3.54. The highest BCUT2D eigenvalue weighted by molar-refractivity contribution is 5.94. The second kappa shape index (κ2) is 8.43. The first-order chi connectivity index (χ1) is 16.7. The Morgan fingerprint density at radius 2 is 2.18 bits per heavy atom. The number of rotatable bonds is 4. The van der Waals surface area contributed by atoms with Crippen molar-refractivity contribution in [1.82, 2.24) is 25.0 Å². The molecule has 8 nitrogen and oxygen atoms in total. The van der Waals surface area contributed by atoms with Crippen molar-refractivity contribution < 1.29 is 12.3 Å². The van der Waals surface area contributed by atoms with E-state index in [9.17, 15) is 4.79 Å². The third kappa shape index (κ3) is 4.01. The lowest BCUT2D eigenvalue weighted by molar-refractivity contribution is 0.0535. The Labute approximate surface area is 195 Å². The largest absolute Gasteiger partial charge is 0.457 e. The highest BCUT2D eigenvalue weighted by Gasteiger charge is 2.30. The minimum Gasteiger partial charge on any atom is -0.457 e. The molecule has 1 saturated heterocycles. The fourth-order valence-corrected chi connectivity index (χ4v) is 4.65. The van der Waals surface area contributed by atoms with E-state index < -0.39 is 12.5 Å². The van der Waals surface area contributed by atoms with Crippen molar-refractivity contribution in [1.29, 1.82) is 5.26 Å². The Kier molecular flexibility index (Phi) is 4.85. The molecule has 3 aromatic rings. The molecule has 0 spiro atoms. The molecule has 0 saturated carbocycles. The van der Waals surface area contributed by atoms with Gasteiger partial charge in [-0.3, -0.25) is 4.90 Å². The smallest absolute Gasteiger partial charge is 0.338 e. The van der Waals surface area contributed by atoms with Gasteiger partial charge in [0.15, 0.2) is 5.82 Å². The number of benzene rings is 1. The van der Waals surface area contributed by atoms with E-state index >= 15 is 0 Å². The lowest BCUT2D eigenvalue weighted by Gasteiger charge is -2.38. The molecule has 1 fully saturated rings. The van der Waals surface area contributed by atoms with Crippen molar-refractivity contribution in [3.63, 3.8) is 0 Å². The molecule has 1 N–H and O–H groups in total. The summed E-state index contributed by atoms with van der Waals surface area (Å²) >= 11 is 0. The number of hydrogen-bond donors (Lipinski definition) is 1. The normalized spacial score (nSPS) is 22.8. The summed E-state index contributed by atoms with van der Waals surface area (Å²) in [6, 6.07) is 7.75. The van der Waals surface area contributed by atoms with Crippen LogP contribution in [-0.2, 0) is 17.8 Å². The molecular formula is C25H26N6O2. The summed E-state index contributed by atoms with van der Waals surface area (Å²) in [5, 5.41) is 17.2. The summed E-state index contributed by atoms with van der Waals surface area (Å²) in [7, 11) is 0. The first-order valence-corrected chi connectivity index (χ1v) is 10.9. The number of fused-ring (bicyclic) bond motifs is 1. The Balaban J connectivity index is 1.36. The van der Waals surface area contributed by atoms with Crippen LogP contribution in [0.5, 0.6) is 0 Å². The van der Waals surface area contributed by atoms with Gasteiger partial charge in [0.05, 0.1) is 20.1 Å². The van der Waals surface area contributed by atoms with E-state index in [0.717, 1.165) is 35.3 Å². The van der Waals surface area contributed by atoms with E-state index in [0.29, 0.717) is 29.1 Å². The fraction of sp³-hybridized carbons (Fsp3) is 0.360. The topological polar surface area (TPSA) is 96.1 Å². The minimum absolute atomic E-state index is 0.0200. The molecule has 168 valence electrons. The molecule has 4 heterocycles. The summed E-state index contributed by atoms with van der Waals surface area (Å²) in [4.78, 5) is 18.8. The van der Waals surface area contributed by atoms with Crippen LogP contribution in [0.3, 0.4) is 0 Å². The van der Waals surface area contributed by atoms with E-state index in [4.69, 9.17) is 12.7 Å². The molecule has 0 unspecified atom stereocenters. The van der Waals surface area contributed by atoms with Crippen LogP contribution in [0.1, 0.15) is 59.4 Å². The van der Waals surface area contributed by atoms with Crippen LogP contribution in [0.25, 0.3) is 5.82 Å². The first kappa shape index (κ1) is 19.0. The number of pyridine rings is 1. The first-order valence-electron chi connectivity index (χ1n) is 11.9. The second-order valence-corrected chi connectivity index (χ2v) is 8.77. The van der Waals surface area contributed by atoms with Crippen molar-refractivity contribution >= 4 is 5.97 Å². The van der Waals surface area contributed by atoms with Crippen molar-refractivity contribution in [3.05, 3.63) is 75.7 Å². The summed E-state index contributed by atoms with van der Waals surface area (Å²) in [5.74, 6) is 0.0503. The number of nitriles is 1. The van der Waals surface area contributed by atoms with Gasteiger partial charge in [-0.1, -0.05) is 6.07 Å². The Bertz CT molecular complexity index is 1360. The SMILES string of the molecule is [2H]C1([2H])OC(=O)c2ccc([C@@H]3CN(Cc4cnn(-c5cc(C)c(C#N)cn5)c4)C[C@H](C)N3)c(C)c21. The number of hydrogen-bond acceptors (Lipinski definition) is 7. The van der Waals surface area contributed by atoms with Crippen LogP contribution in [0.15, 0.2) is 36.8 Å². The van der Waals surface area contributed by atoms with E-state index in [1.54, 1.807) is 16.9 Å². The van der Waals surface area contributed by atoms with Crippen molar-refractivity contribution in [3.8, 4) is 11.9 Å². The highest BCUT2D eigenvalue weighted by atomic mass is 16.5. The van der Waals surface area contributed by atoms with E-state index in [-0.39, 0.29) is 12.1 Å². The number of nitrogens with zero attached hydrogens (tertiary/aromatic N) is 5. The highest BCUT2D eigenvalue weighted by Crippen LogP contribution is 2.31. The van der Waals surface area contributed by atoms with E-state index in [1.165, 1.54) is 0 Å². The van der Waals surface area contributed by atoms with Crippen molar-refractivity contribution in [2.45, 2.75) is 46.0 Å². The molecule has 2 atom stereocenters. The van der Waals surface area contributed by atoms with Crippen LogP contribution in [0, 0.1) is 25.2 Å². The summed E-state index contributed by atoms with van der Waals surface area (Å²) in [5.41, 5.74) is 4.80. The number of aromatic nitrogens is 3. The van der Waals surface area contributed by atoms with Gasteiger partial charge in [0.1, 0.15) is 12.6 Å². The molecule has 2 aromatic heterocycles. The molecular weight excluding hydrogens is 416 g/mol. The summed E-state index contributed by atoms with van der Waals surface area (Å²) < 4.78 is 23.0. The van der Waals surface area contributed by atoms with Crippen LogP contribution in [-0.4, -0.2) is 44.8 Å². The number of esters is 1. The lowest BCUT2D eigenvalue weighted by Crippen LogP contribution is -2.50. The van der Waals surface area contributed by atoms with E-state index in [1.807, 2.05) is 38.4 Å². The predicted molar refractivity (Wildman–Crippen MR) is 122 cm³/mol.